The summed E-state index contributed by atoms with van der Waals surface area (Å²) in [5, 5.41) is 0. The Morgan fingerprint density at radius 2 is 1.53 bits per heavy atom. The van der Waals surface area contributed by atoms with E-state index in [0.717, 1.165) is 0 Å². The summed E-state index contributed by atoms with van der Waals surface area (Å²) in [6.45, 7) is 20.6. The number of hydrogen-bond acceptors (Lipinski definition) is 15. The van der Waals surface area contributed by atoms with Crippen molar-refractivity contribution in [2.75, 3.05) is 34.9 Å². The molecular formula is C42H73NO14. The molecule has 15 nitrogen and oxygen atoms in total. The van der Waals surface area contributed by atoms with E-state index >= 15 is 0 Å². The van der Waals surface area contributed by atoms with Crippen molar-refractivity contribution >= 4 is 29.5 Å². The quantitative estimate of drug-likeness (QED) is 0.105. The molecule has 0 radical (unpaired) electrons. The monoisotopic (exact) mass is 816 g/mol. The fourth-order valence-corrected chi connectivity index (χ4v) is 8.46. The molecule has 0 aromatic rings. The van der Waals surface area contributed by atoms with Crippen LogP contribution in [0.3, 0.4) is 0 Å². The van der Waals surface area contributed by atoms with Crippen molar-refractivity contribution in [1.82, 2.24) is 4.90 Å². The van der Waals surface area contributed by atoms with Gasteiger partial charge in [0.1, 0.15) is 17.2 Å². The second kappa shape index (κ2) is 22.2. The first-order valence-electron chi connectivity index (χ1n) is 20.4. The molecule has 2 aliphatic rings. The van der Waals surface area contributed by atoms with E-state index in [2.05, 4.69) is 0 Å². The molecule has 330 valence electrons. The summed E-state index contributed by atoms with van der Waals surface area (Å²) in [7, 11) is 6.83. The minimum Gasteiger partial charge on any atom is -0.465 e. The standard InChI is InChI=1S/C42H73NO14/c1-17-18-51-39(48)28(7)35(56-33-22-42(12,50-16)38(29(8)53-33)55-31(10)46)27(6)37(41(11,49-15)21-24(3)34(47)23(2)19-25(4)44)57-40-36(54-30(9)45)32(43(13)14)20-26(5)52-40/h23-24,26-29,32-33,35-38,40H,17-22H2,1-16H3. The number of carbonyl (C=O) groups excluding carboxylic acids is 5. The molecule has 2 saturated heterocycles. The predicted molar refractivity (Wildman–Crippen MR) is 210 cm³/mol. The van der Waals surface area contributed by atoms with Crippen LogP contribution in [0.25, 0.3) is 0 Å². The molecule has 0 aliphatic carbocycles. The van der Waals surface area contributed by atoms with Gasteiger partial charge in [-0.2, -0.15) is 0 Å². The Kier molecular flexibility index (Phi) is 19.7. The zero-order valence-corrected chi connectivity index (χ0v) is 37.4. The van der Waals surface area contributed by atoms with E-state index in [-0.39, 0.29) is 49.6 Å². The molecule has 2 rings (SSSR count). The van der Waals surface area contributed by atoms with E-state index in [0.29, 0.717) is 12.8 Å². The Hall–Kier alpha value is -2.53. The number of hydrogen-bond donors (Lipinski definition) is 0. The maximum absolute atomic E-state index is 13.7. The Labute approximate surface area is 340 Å². The van der Waals surface area contributed by atoms with Crippen LogP contribution in [-0.2, 0) is 66.6 Å². The first-order valence-corrected chi connectivity index (χ1v) is 20.4. The molecule has 2 heterocycles. The fourth-order valence-electron chi connectivity index (χ4n) is 8.46. The molecule has 0 amide bonds. The van der Waals surface area contributed by atoms with Crippen molar-refractivity contribution < 1.29 is 66.6 Å². The normalized spacial score (nSPS) is 30.9. The minimum atomic E-state index is -1.25. The van der Waals surface area contributed by atoms with Gasteiger partial charge >= 0.3 is 17.9 Å². The third-order valence-electron chi connectivity index (χ3n) is 11.5. The SMILES string of the molecule is CCCOC(=O)C(C)C(OC1CC(C)(OC)C(OC(C)=O)C(C)O1)C(C)C(OC1OC(C)CC(N(C)C)C1OC(C)=O)C(C)(CC(C)C(=O)C(C)CC(C)=O)OC. The maximum atomic E-state index is 13.7. The third-order valence-corrected chi connectivity index (χ3v) is 11.5. The summed E-state index contributed by atoms with van der Waals surface area (Å²) < 4.78 is 56.1. The molecule has 0 bridgehead atoms. The van der Waals surface area contributed by atoms with Crippen LogP contribution in [0.5, 0.6) is 0 Å². The van der Waals surface area contributed by atoms with Crippen LogP contribution in [0.2, 0.25) is 0 Å². The second-order valence-electron chi connectivity index (χ2n) is 17.0. The van der Waals surface area contributed by atoms with Crippen LogP contribution in [0.15, 0.2) is 0 Å². The molecule has 15 heteroatoms. The Balaban J connectivity index is 2.78. The zero-order chi connectivity index (χ0) is 43.6. The smallest absolute Gasteiger partial charge is 0.311 e. The van der Waals surface area contributed by atoms with Crippen LogP contribution in [0, 0.1) is 23.7 Å². The van der Waals surface area contributed by atoms with Crippen LogP contribution >= 0.6 is 0 Å². The first-order chi connectivity index (χ1) is 26.4. The average Bonchev–Trinajstić information content (AvgIpc) is 3.12. The van der Waals surface area contributed by atoms with Crippen LogP contribution in [0.1, 0.15) is 115 Å². The van der Waals surface area contributed by atoms with Crippen molar-refractivity contribution in [2.24, 2.45) is 23.7 Å². The largest absolute Gasteiger partial charge is 0.465 e. The number of esters is 3. The summed E-state index contributed by atoms with van der Waals surface area (Å²) in [4.78, 5) is 66.0. The Morgan fingerprint density at radius 3 is 2.04 bits per heavy atom. The number of Topliss-reactive ketones (excluding diaryl/α,β-unsaturated/α-hetero) is 2. The van der Waals surface area contributed by atoms with Gasteiger partial charge in [0.2, 0.25) is 0 Å². The number of ether oxygens (including phenoxy) is 9. The van der Waals surface area contributed by atoms with Gasteiger partial charge in [-0.15, -0.1) is 0 Å². The van der Waals surface area contributed by atoms with Crippen molar-refractivity contribution in [3.8, 4) is 0 Å². The summed E-state index contributed by atoms with van der Waals surface area (Å²) in [5.41, 5.74) is -2.26. The van der Waals surface area contributed by atoms with Gasteiger partial charge in [0.25, 0.3) is 0 Å². The van der Waals surface area contributed by atoms with Gasteiger partial charge in [0.05, 0.1) is 48.6 Å². The highest BCUT2D eigenvalue weighted by molar-refractivity contribution is 5.88. The minimum absolute atomic E-state index is 0.0881. The summed E-state index contributed by atoms with van der Waals surface area (Å²) in [6, 6.07) is -0.274. The van der Waals surface area contributed by atoms with Gasteiger partial charge < -0.3 is 52.3 Å². The highest BCUT2D eigenvalue weighted by Gasteiger charge is 2.53. The lowest BCUT2D eigenvalue weighted by molar-refractivity contribution is -0.320. The fraction of sp³-hybridized carbons (Fsp3) is 0.881. The van der Waals surface area contributed by atoms with E-state index in [1.165, 1.54) is 35.0 Å². The molecule has 0 saturated carbocycles. The number of methoxy groups -OCH3 is 2. The van der Waals surface area contributed by atoms with Crippen molar-refractivity contribution in [1.29, 1.82) is 0 Å². The van der Waals surface area contributed by atoms with Gasteiger partial charge in [-0.25, -0.2) is 0 Å². The van der Waals surface area contributed by atoms with Gasteiger partial charge in [0.15, 0.2) is 24.8 Å². The van der Waals surface area contributed by atoms with E-state index in [4.69, 9.17) is 42.6 Å². The molecule has 0 aromatic heterocycles. The van der Waals surface area contributed by atoms with Crippen molar-refractivity contribution in [2.45, 2.75) is 182 Å². The van der Waals surface area contributed by atoms with E-state index in [1.54, 1.807) is 27.7 Å². The number of likely N-dealkylation sites (N-methyl/N-ethyl adjacent to an activating group) is 1. The number of carbonyl (C=O) groups is 5. The van der Waals surface area contributed by atoms with Crippen LogP contribution in [0.4, 0.5) is 0 Å². The molecule has 2 fully saturated rings. The lowest BCUT2D eigenvalue weighted by Crippen LogP contribution is -2.61. The lowest BCUT2D eigenvalue weighted by atomic mass is 9.75. The maximum Gasteiger partial charge on any atom is 0.311 e. The molecular weight excluding hydrogens is 742 g/mol. The average molecular weight is 816 g/mol. The van der Waals surface area contributed by atoms with Gasteiger partial charge in [-0.3, -0.25) is 19.2 Å². The molecule has 2 aliphatic heterocycles. The van der Waals surface area contributed by atoms with E-state index in [1.807, 2.05) is 53.6 Å². The number of rotatable bonds is 22. The highest BCUT2D eigenvalue weighted by Crippen LogP contribution is 2.41. The van der Waals surface area contributed by atoms with Crippen molar-refractivity contribution in [3.63, 3.8) is 0 Å². The molecule has 15 atom stereocenters. The summed E-state index contributed by atoms with van der Waals surface area (Å²) >= 11 is 0. The van der Waals surface area contributed by atoms with E-state index < -0.39 is 95.9 Å². The molecule has 15 unspecified atom stereocenters. The predicted octanol–water partition coefficient (Wildman–Crippen LogP) is 5.07. The van der Waals surface area contributed by atoms with Gasteiger partial charge in [-0.05, 0) is 74.9 Å². The zero-order valence-electron chi connectivity index (χ0n) is 37.4. The van der Waals surface area contributed by atoms with Crippen LogP contribution in [-0.4, -0.2) is 136 Å². The van der Waals surface area contributed by atoms with E-state index in [9.17, 15) is 24.0 Å². The van der Waals surface area contributed by atoms with Gasteiger partial charge in [-0.1, -0.05) is 27.7 Å². The number of nitrogens with zero attached hydrogens (tertiary/aromatic N) is 1. The summed E-state index contributed by atoms with van der Waals surface area (Å²) in [5.74, 6) is -4.39. The molecule has 0 spiro atoms. The first kappa shape index (κ1) is 50.6. The topological polar surface area (TPSA) is 172 Å². The highest BCUT2D eigenvalue weighted by atomic mass is 16.7. The lowest BCUT2D eigenvalue weighted by Gasteiger charge is -2.50. The summed E-state index contributed by atoms with van der Waals surface area (Å²) in [6.07, 6.45) is -4.95. The molecule has 0 aromatic carbocycles. The Morgan fingerprint density at radius 1 is 0.912 bits per heavy atom. The van der Waals surface area contributed by atoms with Gasteiger partial charge in [0, 0.05) is 58.7 Å². The number of ketones is 2. The van der Waals surface area contributed by atoms with Crippen LogP contribution < -0.4 is 0 Å². The molecule has 57 heavy (non-hydrogen) atoms. The molecule has 0 N–H and O–H groups in total. The third kappa shape index (κ3) is 13.8. The Bertz CT molecular complexity index is 1340. The van der Waals surface area contributed by atoms with Crippen molar-refractivity contribution in [3.05, 3.63) is 0 Å². The second-order valence-corrected chi connectivity index (χ2v) is 17.0.